The number of piperidine rings is 2. The molecule has 4 aliphatic heterocycles. The molecule has 5 nitrogen and oxygen atoms in total. The number of likely N-dealkylation sites (tertiary alicyclic amines) is 3. The molecule has 0 aliphatic carbocycles. The lowest BCUT2D eigenvalue weighted by Gasteiger charge is -2.50. The van der Waals surface area contributed by atoms with E-state index in [1.807, 2.05) is 12.4 Å². The van der Waals surface area contributed by atoms with Crippen molar-refractivity contribution in [3.05, 3.63) is 24.0 Å². The zero-order valence-corrected chi connectivity index (χ0v) is 17.8. The van der Waals surface area contributed by atoms with E-state index in [2.05, 4.69) is 44.7 Å². The maximum absolute atomic E-state index is 4.33. The number of aromatic nitrogens is 1. The molecule has 5 heterocycles. The van der Waals surface area contributed by atoms with E-state index >= 15 is 0 Å². The lowest BCUT2D eigenvalue weighted by Crippen LogP contribution is -2.62. The quantitative estimate of drug-likeness (QED) is 0.794. The molecule has 5 rings (SSSR count). The first kappa shape index (κ1) is 18.8. The Balaban J connectivity index is 1.07. The lowest BCUT2D eigenvalue weighted by atomic mass is 9.75. The van der Waals surface area contributed by atoms with Gasteiger partial charge in [0, 0.05) is 51.4 Å². The van der Waals surface area contributed by atoms with E-state index in [1.165, 1.54) is 95.8 Å². The lowest BCUT2D eigenvalue weighted by molar-refractivity contribution is 0.0413. The number of hydrogen-bond acceptors (Lipinski definition) is 5. The van der Waals surface area contributed by atoms with Crippen LogP contribution >= 0.6 is 0 Å². The third kappa shape index (κ3) is 3.57. The number of nitrogens with zero attached hydrogens (tertiary/aromatic N) is 5. The van der Waals surface area contributed by atoms with Crippen LogP contribution in [-0.2, 0) is 5.41 Å². The van der Waals surface area contributed by atoms with Gasteiger partial charge in [-0.25, -0.2) is 0 Å². The Morgan fingerprint density at radius 3 is 2.25 bits per heavy atom. The number of rotatable bonds is 4. The van der Waals surface area contributed by atoms with Gasteiger partial charge in [0.1, 0.15) is 0 Å². The molecule has 0 aromatic carbocycles. The minimum absolute atomic E-state index is 0.377. The van der Waals surface area contributed by atoms with Crippen LogP contribution in [0.1, 0.15) is 31.2 Å². The zero-order chi connectivity index (χ0) is 19.1. The average molecular weight is 384 g/mol. The molecule has 1 spiro atoms. The highest BCUT2D eigenvalue weighted by atomic mass is 15.3. The molecule has 0 unspecified atom stereocenters. The van der Waals surface area contributed by atoms with Crippen molar-refractivity contribution in [2.75, 3.05) is 77.9 Å². The standard InChI is InChI=1S/C23H37N5/c1-25-9-4-19(5-10-25)14-27-11-6-20(7-12-27)15-28-17-23(18-28)16-26(2)22-13-24-8-3-21(22)23/h3,8,13,19-20H,4-7,9-12,14-18H2,1-2H3. The molecule has 1 aromatic rings. The largest absolute Gasteiger partial charge is 0.372 e. The van der Waals surface area contributed by atoms with Crippen LogP contribution in [0.15, 0.2) is 18.5 Å². The van der Waals surface area contributed by atoms with E-state index < -0.39 is 0 Å². The van der Waals surface area contributed by atoms with Crippen molar-refractivity contribution in [1.29, 1.82) is 0 Å². The Kier molecular flexibility index (Phi) is 5.10. The van der Waals surface area contributed by atoms with Crippen LogP contribution < -0.4 is 4.90 Å². The maximum Gasteiger partial charge on any atom is 0.0590 e. The summed E-state index contributed by atoms with van der Waals surface area (Å²) in [6.07, 6.45) is 9.62. The van der Waals surface area contributed by atoms with E-state index in [1.54, 1.807) is 0 Å². The Labute approximate surface area is 170 Å². The first-order chi connectivity index (χ1) is 13.6. The van der Waals surface area contributed by atoms with Crippen LogP contribution in [0.5, 0.6) is 0 Å². The van der Waals surface area contributed by atoms with Crippen LogP contribution in [0.3, 0.4) is 0 Å². The Bertz CT molecular complexity index is 669. The van der Waals surface area contributed by atoms with E-state index in [9.17, 15) is 0 Å². The molecule has 0 atom stereocenters. The molecule has 154 valence electrons. The van der Waals surface area contributed by atoms with E-state index in [4.69, 9.17) is 0 Å². The summed E-state index contributed by atoms with van der Waals surface area (Å²) < 4.78 is 0. The van der Waals surface area contributed by atoms with Crippen LogP contribution in [0.2, 0.25) is 0 Å². The number of likely N-dealkylation sites (N-methyl/N-ethyl adjacent to an activating group) is 1. The molecule has 3 saturated heterocycles. The van der Waals surface area contributed by atoms with Gasteiger partial charge >= 0.3 is 0 Å². The molecule has 28 heavy (non-hydrogen) atoms. The number of fused-ring (bicyclic) bond motifs is 2. The summed E-state index contributed by atoms with van der Waals surface area (Å²) in [5.41, 5.74) is 3.26. The molecule has 0 radical (unpaired) electrons. The summed E-state index contributed by atoms with van der Waals surface area (Å²) in [4.78, 5) is 14.7. The van der Waals surface area contributed by atoms with Crippen LogP contribution in [0.4, 0.5) is 5.69 Å². The fraction of sp³-hybridized carbons (Fsp3) is 0.783. The van der Waals surface area contributed by atoms with Gasteiger partial charge in [-0.15, -0.1) is 0 Å². The Morgan fingerprint density at radius 2 is 1.54 bits per heavy atom. The maximum atomic E-state index is 4.33. The Hall–Kier alpha value is -1.17. The molecular formula is C23H37N5. The molecule has 3 fully saturated rings. The topological polar surface area (TPSA) is 25.9 Å². The van der Waals surface area contributed by atoms with Gasteiger partial charge in [0.2, 0.25) is 0 Å². The minimum atomic E-state index is 0.377. The third-order valence-electron chi connectivity index (χ3n) is 7.95. The predicted octanol–water partition coefficient (Wildman–Crippen LogP) is 2.14. The van der Waals surface area contributed by atoms with Crippen LogP contribution in [-0.4, -0.2) is 92.7 Å². The van der Waals surface area contributed by atoms with Gasteiger partial charge in [-0.1, -0.05) is 0 Å². The van der Waals surface area contributed by atoms with Gasteiger partial charge in [0.15, 0.2) is 0 Å². The summed E-state index contributed by atoms with van der Waals surface area (Å²) in [5.74, 6) is 1.85. The number of pyridine rings is 1. The van der Waals surface area contributed by atoms with Crippen molar-refractivity contribution >= 4 is 5.69 Å². The van der Waals surface area contributed by atoms with Gasteiger partial charge < -0.3 is 19.6 Å². The smallest absolute Gasteiger partial charge is 0.0590 e. The highest BCUT2D eigenvalue weighted by Crippen LogP contribution is 2.45. The third-order valence-corrected chi connectivity index (χ3v) is 7.95. The summed E-state index contributed by atoms with van der Waals surface area (Å²) >= 11 is 0. The van der Waals surface area contributed by atoms with E-state index in [-0.39, 0.29) is 0 Å². The SMILES string of the molecule is CN1CCC(CN2CCC(CN3CC4(C3)CN(C)c3cnccc34)CC2)CC1. The average Bonchev–Trinajstić information content (AvgIpc) is 2.98. The summed E-state index contributed by atoms with van der Waals surface area (Å²) in [7, 11) is 4.48. The monoisotopic (exact) mass is 383 g/mol. The highest BCUT2D eigenvalue weighted by molar-refractivity contribution is 5.62. The molecular weight excluding hydrogens is 346 g/mol. The molecule has 0 saturated carbocycles. The molecule has 4 aliphatic rings. The van der Waals surface area contributed by atoms with E-state index in [0.29, 0.717) is 5.41 Å². The highest BCUT2D eigenvalue weighted by Gasteiger charge is 2.50. The van der Waals surface area contributed by atoms with Crippen LogP contribution in [0.25, 0.3) is 0 Å². The van der Waals surface area contributed by atoms with Crippen LogP contribution in [0, 0.1) is 11.8 Å². The van der Waals surface area contributed by atoms with Crippen molar-refractivity contribution < 1.29 is 0 Å². The first-order valence-corrected chi connectivity index (χ1v) is 11.4. The van der Waals surface area contributed by atoms with Gasteiger partial charge in [-0.3, -0.25) is 4.98 Å². The second-order valence-corrected chi connectivity index (χ2v) is 10.2. The summed E-state index contributed by atoms with van der Waals surface area (Å²) in [5, 5.41) is 0. The molecule has 1 aromatic heterocycles. The number of hydrogen-bond donors (Lipinski definition) is 0. The van der Waals surface area contributed by atoms with Gasteiger partial charge in [-0.05, 0) is 82.4 Å². The second kappa shape index (κ2) is 7.58. The number of anilines is 1. The fourth-order valence-electron chi connectivity index (χ4n) is 6.30. The normalized spacial score (nSPS) is 27.3. The molecule has 0 N–H and O–H groups in total. The van der Waals surface area contributed by atoms with Gasteiger partial charge in [0.05, 0.1) is 11.9 Å². The van der Waals surface area contributed by atoms with Crippen molar-refractivity contribution in [3.8, 4) is 0 Å². The minimum Gasteiger partial charge on any atom is -0.372 e. The molecule has 0 bridgehead atoms. The van der Waals surface area contributed by atoms with Crippen molar-refractivity contribution in [3.63, 3.8) is 0 Å². The van der Waals surface area contributed by atoms with Crippen molar-refractivity contribution in [1.82, 2.24) is 19.7 Å². The van der Waals surface area contributed by atoms with Gasteiger partial charge in [0.25, 0.3) is 0 Å². The first-order valence-electron chi connectivity index (χ1n) is 11.4. The fourth-order valence-corrected chi connectivity index (χ4v) is 6.30. The molecule has 5 heteroatoms. The molecule has 0 amide bonds. The predicted molar refractivity (Wildman–Crippen MR) is 115 cm³/mol. The van der Waals surface area contributed by atoms with Gasteiger partial charge in [-0.2, -0.15) is 0 Å². The zero-order valence-electron chi connectivity index (χ0n) is 17.8. The van der Waals surface area contributed by atoms with Crippen molar-refractivity contribution in [2.45, 2.75) is 31.1 Å². The second-order valence-electron chi connectivity index (χ2n) is 10.2. The Morgan fingerprint density at radius 1 is 0.893 bits per heavy atom. The van der Waals surface area contributed by atoms with Crippen molar-refractivity contribution in [2.24, 2.45) is 11.8 Å². The summed E-state index contributed by atoms with van der Waals surface area (Å²) in [6, 6.07) is 2.26. The van der Waals surface area contributed by atoms with E-state index in [0.717, 1.165) is 11.8 Å². The summed E-state index contributed by atoms with van der Waals surface area (Å²) in [6.45, 7) is 11.6.